The number of hydrogen-bond acceptors (Lipinski definition) is 4. The summed E-state index contributed by atoms with van der Waals surface area (Å²) >= 11 is 0. The lowest BCUT2D eigenvalue weighted by Crippen LogP contribution is -2.41. The highest BCUT2D eigenvalue weighted by atomic mass is 16.3. The molecule has 2 atom stereocenters. The molecule has 1 aromatic carbocycles. The summed E-state index contributed by atoms with van der Waals surface area (Å²) in [6.45, 7) is 2.41. The second kappa shape index (κ2) is 6.98. The van der Waals surface area contributed by atoms with Crippen LogP contribution in [0.1, 0.15) is 31.4 Å². The van der Waals surface area contributed by atoms with Gasteiger partial charge in [0.2, 0.25) is 5.91 Å². The molecule has 0 aromatic heterocycles. The van der Waals surface area contributed by atoms with E-state index in [0.29, 0.717) is 13.0 Å². The molecule has 18 heavy (non-hydrogen) atoms. The molecule has 1 aromatic rings. The third-order valence-electron chi connectivity index (χ3n) is 2.81. The molecule has 0 fully saturated rings. The van der Waals surface area contributed by atoms with Gasteiger partial charge in [-0.05, 0) is 44.0 Å². The molecule has 1 unspecified atom stereocenters. The molecular weight excluding hydrogens is 230 g/mol. The third-order valence-corrected chi connectivity index (χ3v) is 2.81. The van der Waals surface area contributed by atoms with Crippen molar-refractivity contribution in [3.8, 4) is 5.75 Å². The zero-order valence-electron chi connectivity index (χ0n) is 10.6. The van der Waals surface area contributed by atoms with Gasteiger partial charge in [-0.1, -0.05) is 12.1 Å². The summed E-state index contributed by atoms with van der Waals surface area (Å²) in [4.78, 5) is 11.8. The first-order valence-electron chi connectivity index (χ1n) is 6.09. The third kappa shape index (κ3) is 4.35. The first-order valence-corrected chi connectivity index (χ1v) is 6.09. The second-order valence-electron chi connectivity index (χ2n) is 4.36. The van der Waals surface area contributed by atoms with Crippen molar-refractivity contribution in [2.75, 3.05) is 6.54 Å². The van der Waals surface area contributed by atoms with Gasteiger partial charge >= 0.3 is 0 Å². The molecular formula is C13H21N3O2. The van der Waals surface area contributed by atoms with E-state index in [2.05, 4.69) is 5.32 Å². The quantitative estimate of drug-likeness (QED) is 0.595. The molecule has 0 aliphatic carbocycles. The summed E-state index contributed by atoms with van der Waals surface area (Å²) < 4.78 is 0. The van der Waals surface area contributed by atoms with Crippen LogP contribution in [-0.2, 0) is 4.79 Å². The number of carbonyl (C=O) groups excluding carboxylic acids is 1. The smallest absolute Gasteiger partial charge is 0.237 e. The summed E-state index contributed by atoms with van der Waals surface area (Å²) in [5.41, 5.74) is 12.0. The minimum Gasteiger partial charge on any atom is -0.508 e. The lowest BCUT2D eigenvalue weighted by Gasteiger charge is -2.17. The summed E-state index contributed by atoms with van der Waals surface area (Å²) in [6, 6.07) is 6.06. The van der Waals surface area contributed by atoms with Crippen LogP contribution in [0.15, 0.2) is 24.3 Å². The van der Waals surface area contributed by atoms with Crippen LogP contribution in [0, 0.1) is 0 Å². The largest absolute Gasteiger partial charge is 0.508 e. The van der Waals surface area contributed by atoms with Crippen molar-refractivity contribution in [2.45, 2.75) is 31.8 Å². The van der Waals surface area contributed by atoms with Crippen LogP contribution in [0.3, 0.4) is 0 Å². The number of phenols is 1. The fraction of sp³-hybridized carbons (Fsp3) is 0.462. The van der Waals surface area contributed by atoms with Crippen molar-refractivity contribution in [1.29, 1.82) is 0 Å². The Kier molecular flexibility index (Phi) is 5.61. The topological polar surface area (TPSA) is 101 Å². The number of rotatable bonds is 6. The molecule has 0 aliphatic rings. The first kappa shape index (κ1) is 14.5. The number of benzene rings is 1. The molecule has 0 spiro atoms. The van der Waals surface area contributed by atoms with Crippen molar-refractivity contribution in [3.63, 3.8) is 0 Å². The maximum atomic E-state index is 11.8. The number of carbonyl (C=O) groups is 1. The lowest BCUT2D eigenvalue weighted by atomic mass is 10.1. The predicted octanol–water partition coefficient (Wildman–Crippen LogP) is 0.636. The van der Waals surface area contributed by atoms with Gasteiger partial charge in [0, 0.05) is 0 Å². The summed E-state index contributed by atoms with van der Waals surface area (Å²) in [7, 11) is 0. The molecule has 6 N–H and O–H groups in total. The fourth-order valence-corrected chi connectivity index (χ4v) is 1.64. The van der Waals surface area contributed by atoms with E-state index in [4.69, 9.17) is 11.5 Å². The minimum absolute atomic E-state index is 0.137. The fourth-order valence-electron chi connectivity index (χ4n) is 1.64. The van der Waals surface area contributed by atoms with E-state index >= 15 is 0 Å². The molecule has 5 nitrogen and oxygen atoms in total. The Morgan fingerprint density at radius 2 is 2.00 bits per heavy atom. The van der Waals surface area contributed by atoms with Crippen LogP contribution in [0.25, 0.3) is 0 Å². The van der Waals surface area contributed by atoms with Crippen molar-refractivity contribution in [1.82, 2.24) is 5.32 Å². The van der Waals surface area contributed by atoms with Gasteiger partial charge < -0.3 is 21.9 Å². The van der Waals surface area contributed by atoms with E-state index in [1.165, 1.54) is 0 Å². The Morgan fingerprint density at radius 1 is 1.39 bits per heavy atom. The monoisotopic (exact) mass is 251 g/mol. The SMILES string of the molecule is CC(NC(=O)[C@@H](N)CCCN)c1ccc(O)cc1. The Hall–Kier alpha value is -1.59. The van der Waals surface area contributed by atoms with Gasteiger partial charge in [0.05, 0.1) is 12.1 Å². The van der Waals surface area contributed by atoms with E-state index in [-0.39, 0.29) is 17.7 Å². The molecule has 1 amide bonds. The van der Waals surface area contributed by atoms with Crippen molar-refractivity contribution >= 4 is 5.91 Å². The van der Waals surface area contributed by atoms with E-state index in [1.54, 1.807) is 24.3 Å². The average Bonchev–Trinajstić information content (AvgIpc) is 2.36. The summed E-state index contributed by atoms with van der Waals surface area (Å²) in [5, 5.41) is 12.0. The van der Waals surface area contributed by atoms with Gasteiger partial charge in [0.15, 0.2) is 0 Å². The van der Waals surface area contributed by atoms with E-state index < -0.39 is 6.04 Å². The Morgan fingerprint density at radius 3 is 2.56 bits per heavy atom. The van der Waals surface area contributed by atoms with E-state index in [1.807, 2.05) is 6.92 Å². The molecule has 0 radical (unpaired) electrons. The van der Waals surface area contributed by atoms with Crippen LogP contribution in [0.5, 0.6) is 5.75 Å². The number of aromatic hydroxyl groups is 1. The van der Waals surface area contributed by atoms with Crippen LogP contribution < -0.4 is 16.8 Å². The molecule has 1 rings (SSSR count). The number of hydrogen-bond donors (Lipinski definition) is 4. The highest BCUT2D eigenvalue weighted by Crippen LogP contribution is 2.16. The van der Waals surface area contributed by atoms with Crippen LogP contribution in [-0.4, -0.2) is 23.6 Å². The highest BCUT2D eigenvalue weighted by molar-refractivity contribution is 5.81. The highest BCUT2D eigenvalue weighted by Gasteiger charge is 2.15. The van der Waals surface area contributed by atoms with Gasteiger partial charge in [0.25, 0.3) is 0 Å². The van der Waals surface area contributed by atoms with Crippen LogP contribution in [0.2, 0.25) is 0 Å². The van der Waals surface area contributed by atoms with Crippen molar-refractivity contribution in [3.05, 3.63) is 29.8 Å². The molecule has 5 heteroatoms. The molecule has 0 saturated heterocycles. The maximum absolute atomic E-state index is 11.8. The van der Waals surface area contributed by atoms with Crippen LogP contribution in [0.4, 0.5) is 0 Å². The summed E-state index contributed by atoms with van der Waals surface area (Å²) in [5.74, 6) is 0.0287. The average molecular weight is 251 g/mol. The summed E-state index contributed by atoms with van der Waals surface area (Å²) in [6.07, 6.45) is 1.33. The number of nitrogens with two attached hydrogens (primary N) is 2. The normalized spacial score (nSPS) is 13.9. The zero-order valence-corrected chi connectivity index (χ0v) is 10.6. The molecule has 0 bridgehead atoms. The molecule has 0 aliphatic heterocycles. The van der Waals surface area contributed by atoms with Gasteiger partial charge in [0.1, 0.15) is 5.75 Å². The second-order valence-corrected chi connectivity index (χ2v) is 4.36. The predicted molar refractivity (Wildman–Crippen MR) is 70.9 cm³/mol. The van der Waals surface area contributed by atoms with Gasteiger partial charge in [-0.25, -0.2) is 0 Å². The van der Waals surface area contributed by atoms with Gasteiger partial charge in [-0.2, -0.15) is 0 Å². The number of phenolic OH excluding ortho intramolecular Hbond substituents is 1. The Balaban J connectivity index is 2.51. The Labute approximate surface area is 107 Å². The van der Waals surface area contributed by atoms with E-state index in [9.17, 15) is 9.90 Å². The van der Waals surface area contributed by atoms with Gasteiger partial charge in [-0.3, -0.25) is 4.79 Å². The molecule has 0 heterocycles. The number of amides is 1. The minimum atomic E-state index is -0.520. The van der Waals surface area contributed by atoms with Crippen molar-refractivity contribution < 1.29 is 9.90 Å². The van der Waals surface area contributed by atoms with Crippen LogP contribution >= 0.6 is 0 Å². The Bertz CT molecular complexity index is 378. The van der Waals surface area contributed by atoms with Crippen molar-refractivity contribution in [2.24, 2.45) is 11.5 Å². The van der Waals surface area contributed by atoms with Gasteiger partial charge in [-0.15, -0.1) is 0 Å². The zero-order chi connectivity index (χ0) is 13.5. The number of nitrogens with one attached hydrogen (secondary N) is 1. The standard InChI is InChI=1S/C13H21N3O2/c1-9(10-4-6-11(17)7-5-10)16-13(18)12(15)3-2-8-14/h4-7,9,12,17H,2-3,8,14-15H2,1H3,(H,16,18)/t9?,12-/m0/s1. The molecule has 100 valence electrons. The van der Waals surface area contributed by atoms with E-state index in [0.717, 1.165) is 12.0 Å². The molecule has 0 saturated carbocycles. The maximum Gasteiger partial charge on any atom is 0.237 e. The first-order chi connectivity index (χ1) is 8.54. The lowest BCUT2D eigenvalue weighted by molar-refractivity contribution is -0.123.